The quantitative estimate of drug-likeness (QED) is 0.157. The minimum atomic E-state index is 1.08. The molecule has 0 atom stereocenters. The van der Waals surface area contributed by atoms with Crippen molar-refractivity contribution < 1.29 is 0 Å². The molecule has 11 aromatic carbocycles. The minimum Gasteiger partial charge on any atom is -0.308 e. The van der Waals surface area contributed by atoms with Gasteiger partial charge in [0.05, 0.1) is 33.4 Å². The molecule has 308 valence electrons. The Morgan fingerprint density at radius 1 is 0.212 bits per heavy atom. The van der Waals surface area contributed by atoms with E-state index < -0.39 is 0 Å². The van der Waals surface area contributed by atoms with Crippen LogP contribution in [0.3, 0.4) is 0 Å². The summed E-state index contributed by atoms with van der Waals surface area (Å²) >= 11 is 0. The Morgan fingerprint density at radius 2 is 0.591 bits per heavy atom. The third-order valence-corrected chi connectivity index (χ3v) is 13.7. The van der Waals surface area contributed by atoms with E-state index in [0.717, 1.165) is 66.6 Å². The second kappa shape index (κ2) is 14.3. The van der Waals surface area contributed by atoms with E-state index in [1.165, 1.54) is 54.1 Å². The molecule has 0 spiro atoms. The van der Waals surface area contributed by atoms with E-state index in [4.69, 9.17) is 0 Å². The lowest BCUT2D eigenvalue weighted by atomic mass is 10.0. The fraction of sp³-hybridized carbons (Fsp3) is 0. The standard InChI is InChI=1S/C62H40N4/c1-3-17-45(18-4-1)65-57-27-9-7-23-51(57)53-25-13-29-59(61(53)65)63-47-21-11-15-43(37-47)44-16-12-22-48(38-44)64(50-36-34-42-32-31-41-33-35-49(63)39-55(41)56(42)40-50)60-30-14-26-54-52-24-8-10-28-58(52)66(62(54)60)46-19-5-2-6-20-46/h1-40H. The molecule has 4 heteroatoms. The molecule has 66 heavy (non-hydrogen) atoms. The molecule has 0 aliphatic carbocycles. The highest BCUT2D eigenvalue weighted by molar-refractivity contribution is 6.15. The van der Waals surface area contributed by atoms with Crippen LogP contribution >= 0.6 is 0 Å². The summed E-state index contributed by atoms with van der Waals surface area (Å²) in [5.74, 6) is 0. The summed E-state index contributed by atoms with van der Waals surface area (Å²) < 4.78 is 9.82. The highest BCUT2D eigenvalue weighted by atomic mass is 15.1. The second-order valence-corrected chi connectivity index (χ2v) is 17.4. The third-order valence-electron chi connectivity index (χ3n) is 13.7. The maximum absolute atomic E-state index is 2.47. The van der Waals surface area contributed by atoms with Crippen molar-refractivity contribution in [3.05, 3.63) is 243 Å². The van der Waals surface area contributed by atoms with Gasteiger partial charge in [-0.2, -0.15) is 0 Å². The van der Waals surface area contributed by atoms with E-state index in [-0.39, 0.29) is 0 Å². The highest BCUT2D eigenvalue weighted by Crippen LogP contribution is 2.40. The number of fused-ring (bicyclic) bond motifs is 13. The van der Waals surface area contributed by atoms with Crippen LogP contribution in [0, 0.1) is 0 Å². The fourth-order valence-corrected chi connectivity index (χ4v) is 10.9. The van der Waals surface area contributed by atoms with Crippen LogP contribution < -0.4 is 0 Å². The summed E-state index contributed by atoms with van der Waals surface area (Å²) in [4.78, 5) is 0. The number of para-hydroxylation sites is 6. The van der Waals surface area contributed by atoms with Gasteiger partial charge in [0.2, 0.25) is 0 Å². The summed E-state index contributed by atoms with van der Waals surface area (Å²) in [5, 5.41) is 12.0. The summed E-state index contributed by atoms with van der Waals surface area (Å²) in [6, 6.07) is 89.4. The van der Waals surface area contributed by atoms with Crippen LogP contribution in [-0.2, 0) is 0 Å². The van der Waals surface area contributed by atoms with E-state index in [1.807, 2.05) is 0 Å². The van der Waals surface area contributed by atoms with Crippen molar-refractivity contribution in [1.82, 2.24) is 18.3 Å². The van der Waals surface area contributed by atoms with Crippen LogP contribution in [0.25, 0.3) is 121 Å². The molecular formula is C62H40N4. The van der Waals surface area contributed by atoms with Gasteiger partial charge in [-0.3, -0.25) is 0 Å². The first kappa shape index (κ1) is 36.6. The van der Waals surface area contributed by atoms with Crippen molar-refractivity contribution in [2.24, 2.45) is 0 Å². The molecule has 0 fully saturated rings. The van der Waals surface area contributed by atoms with Crippen molar-refractivity contribution in [3.63, 3.8) is 0 Å². The van der Waals surface area contributed by atoms with Gasteiger partial charge in [0.15, 0.2) is 0 Å². The first-order valence-electron chi connectivity index (χ1n) is 22.7. The lowest BCUT2D eigenvalue weighted by Gasteiger charge is -2.18. The number of nitrogens with zero attached hydrogens (tertiary/aromatic N) is 4. The van der Waals surface area contributed by atoms with Crippen molar-refractivity contribution in [2.75, 3.05) is 0 Å². The Bertz CT molecular complexity index is 4050. The molecule has 0 N–H and O–H groups in total. The van der Waals surface area contributed by atoms with E-state index in [9.17, 15) is 0 Å². The van der Waals surface area contributed by atoms with E-state index in [2.05, 4.69) is 261 Å². The maximum atomic E-state index is 2.47. The van der Waals surface area contributed by atoms with Gasteiger partial charge in [0.25, 0.3) is 0 Å². The van der Waals surface area contributed by atoms with Crippen LogP contribution in [0.4, 0.5) is 0 Å². The smallest absolute Gasteiger partial charge is 0.0782 e. The van der Waals surface area contributed by atoms with Gasteiger partial charge >= 0.3 is 0 Å². The Kier molecular flexibility index (Phi) is 7.95. The molecule has 14 aromatic rings. The predicted octanol–water partition coefficient (Wildman–Crippen LogP) is 16.4. The topological polar surface area (TPSA) is 19.7 Å². The van der Waals surface area contributed by atoms with Crippen LogP contribution in [-0.4, -0.2) is 18.3 Å². The van der Waals surface area contributed by atoms with Gasteiger partial charge < -0.3 is 18.3 Å². The Hall–Kier alpha value is -8.86. The van der Waals surface area contributed by atoms with E-state index in [1.54, 1.807) is 0 Å². The molecule has 0 amide bonds. The molecule has 3 heterocycles. The normalized spacial score (nSPS) is 11.9. The monoisotopic (exact) mass is 840 g/mol. The maximum Gasteiger partial charge on any atom is 0.0782 e. The molecule has 0 saturated carbocycles. The molecule has 0 aliphatic heterocycles. The van der Waals surface area contributed by atoms with Gasteiger partial charge in [0, 0.05) is 55.0 Å². The van der Waals surface area contributed by atoms with Gasteiger partial charge in [-0.05, 0) is 129 Å². The van der Waals surface area contributed by atoms with Crippen molar-refractivity contribution in [2.45, 2.75) is 0 Å². The number of hydrogen-bond donors (Lipinski definition) is 0. The van der Waals surface area contributed by atoms with Crippen molar-refractivity contribution >= 4 is 98.0 Å². The van der Waals surface area contributed by atoms with Crippen LogP contribution in [0.1, 0.15) is 0 Å². The highest BCUT2D eigenvalue weighted by Gasteiger charge is 2.20. The number of aromatic nitrogens is 4. The van der Waals surface area contributed by atoms with Gasteiger partial charge in [-0.25, -0.2) is 0 Å². The molecule has 8 bridgehead atoms. The molecular weight excluding hydrogens is 801 g/mol. The molecule has 0 radical (unpaired) electrons. The lowest BCUT2D eigenvalue weighted by Crippen LogP contribution is -2.02. The number of benzene rings is 11. The molecule has 14 rings (SSSR count). The van der Waals surface area contributed by atoms with Gasteiger partial charge in [-0.1, -0.05) is 146 Å². The van der Waals surface area contributed by atoms with Crippen LogP contribution in [0.15, 0.2) is 243 Å². The van der Waals surface area contributed by atoms with Gasteiger partial charge in [0.1, 0.15) is 0 Å². The van der Waals surface area contributed by atoms with E-state index in [0.29, 0.717) is 0 Å². The lowest BCUT2D eigenvalue weighted by molar-refractivity contribution is 1.12. The summed E-state index contributed by atoms with van der Waals surface area (Å²) in [6.07, 6.45) is 0. The minimum absolute atomic E-state index is 1.08. The Labute approximate surface area is 380 Å². The molecule has 0 aliphatic rings. The zero-order valence-electron chi connectivity index (χ0n) is 35.9. The van der Waals surface area contributed by atoms with E-state index >= 15 is 0 Å². The largest absolute Gasteiger partial charge is 0.308 e. The van der Waals surface area contributed by atoms with Gasteiger partial charge in [-0.15, -0.1) is 0 Å². The van der Waals surface area contributed by atoms with Crippen LogP contribution in [0.2, 0.25) is 0 Å². The third kappa shape index (κ3) is 5.45. The van der Waals surface area contributed by atoms with Crippen molar-refractivity contribution in [3.8, 4) is 22.7 Å². The average Bonchev–Trinajstić information content (AvgIpc) is 3.91. The number of rotatable bonds is 4. The zero-order valence-corrected chi connectivity index (χ0v) is 35.9. The fourth-order valence-electron chi connectivity index (χ4n) is 10.9. The molecule has 3 aromatic heterocycles. The summed E-state index contributed by atoms with van der Waals surface area (Å²) in [7, 11) is 0. The Balaban J connectivity index is 1.16. The Morgan fingerprint density at radius 3 is 1.06 bits per heavy atom. The second-order valence-electron chi connectivity index (χ2n) is 17.4. The number of hydrogen-bond acceptors (Lipinski definition) is 0. The summed E-state index contributed by atoms with van der Waals surface area (Å²) in [6.45, 7) is 0. The SMILES string of the molecule is c1ccc(-n2c3ccccc3c3cccc(-n4c5cccc(c5)c5cccc(c5)n(-c5cccc6c7ccccc7n(-c7ccccc7)c56)c5ccc6ccc7ccc4cc7c6c5)c32)cc1. The van der Waals surface area contributed by atoms with Crippen molar-refractivity contribution in [1.29, 1.82) is 0 Å². The zero-order chi connectivity index (χ0) is 43.3. The summed E-state index contributed by atoms with van der Waals surface area (Å²) in [5.41, 5.74) is 13.5. The average molecular weight is 841 g/mol. The predicted molar refractivity (Wildman–Crippen MR) is 279 cm³/mol. The first-order valence-corrected chi connectivity index (χ1v) is 22.7. The van der Waals surface area contributed by atoms with Crippen LogP contribution in [0.5, 0.6) is 0 Å². The molecule has 0 unspecified atom stereocenters. The first-order chi connectivity index (χ1) is 32.7. The molecule has 4 nitrogen and oxygen atoms in total. The molecule has 0 saturated heterocycles.